The standard InChI is InChI=1S/C20H26N4O2/c1-21-15-7-10-22-18(13-15)23-11-2-8-20(14-23)9-12-24(19(20)26)16-3-5-17(25)6-4-16/h7,10,13,16-17,25H,2-6,8-9,11-12,14H2/t16?,17?,20-/m1/s1. The second-order valence-corrected chi connectivity index (χ2v) is 8.00. The van der Waals surface area contributed by atoms with E-state index in [0.717, 1.165) is 63.9 Å². The molecular formula is C20H26N4O2. The maximum atomic E-state index is 13.3. The van der Waals surface area contributed by atoms with Crippen LogP contribution >= 0.6 is 0 Å². The average molecular weight is 354 g/mol. The van der Waals surface area contributed by atoms with Crippen molar-refractivity contribution < 1.29 is 9.90 Å². The van der Waals surface area contributed by atoms with Crippen molar-refractivity contribution in [2.45, 2.75) is 57.1 Å². The molecule has 2 saturated heterocycles. The van der Waals surface area contributed by atoms with Crippen molar-refractivity contribution >= 4 is 17.4 Å². The quantitative estimate of drug-likeness (QED) is 0.830. The molecule has 1 amide bonds. The third-order valence-corrected chi connectivity index (χ3v) is 6.41. The number of rotatable bonds is 2. The highest BCUT2D eigenvalue weighted by Crippen LogP contribution is 2.43. The molecule has 3 heterocycles. The molecule has 0 bridgehead atoms. The van der Waals surface area contributed by atoms with E-state index in [-0.39, 0.29) is 11.5 Å². The second-order valence-electron chi connectivity index (χ2n) is 8.00. The molecule has 6 nitrogen and oxygen atoms in total. The number of hydrogen-bond acceptors (Lipinski definition) is 4. The Kier molecular flexibility index (Phi) is 4.58. The number of aliphatic hydroxyl groups excluding tert-OH is 1. The van der Waals surface area contributed by atoms with E-state index in [1.807, 2.05) is 6.07 Å². The summed E-state index contributed by atoms with van der Waals surface area (Å²) in [7, 11) is 0. The van der Waals surface area contributed by atoms with Crippen LogP contribution in [0.1, 0.15) is 44.9 Å². The minimum atomic E-state index is -0.301. The van der Waals surface area contributed by atoms with Gasteiger partial charge in [0.15, 0.2) is 5.69 Å². The van der Waals surface area contributed by atoms with Gasteiger partial charge in [-0.05, 0) is 57.1 Å². The fraction of sp³-hybridized carbons (Fsp3) is 0.650. The van der Waals surface area contributed by atoms with Crippen molar-refractivity contribution in [2.24, 2.45) is 5.41 Å². The molecule has 3 fully saturated rings. The third kappa shape index (κ3) is 3.05. The third-order valence-electron chi connectivity index (χ3n) is 6.41. The first kappa shape index (κ1) is 17.3. The number of carbonyl (C=O) groups is 1. The molecule has 26 heavy (non-hydrogen) atoms. The predicted molar refractivity (Wildman–Crippen MR) is 99.0 cm³/mol. The number of aromatic nitrogens is 1. The lowest BCUT2D eigenvalue weighted by molar-refractivity contribution is -0.139. The van der Waals surface area contributed by atoms with Crippen LogP contribution < -0.4 is 4.90 Å². The Morgan fingerprint density at radius 1 is 1.23 bits per heavy atom. The van der Waals surface area contributed by atoms with Gasteiger partial charge in [0.1, 0.15) is 5.82 Å². The molecule has 1 aromatic heterocycles. The van der Waals surface area contributed by atoms with Crippen molar-refractivity contribution in [3.63, 3.8) is 0 Å². The molecule has 6 heteroatoms. The lowest BCUT2D eigenvalue weighted by Gasteiger charge is -2.41. The molecular weight excluding hydrogens is 328 g/mol. The molecule has 1 aliphatic carbocycles. The molecule has 1 N–H and O–H groups in total. The molecule has 1 spiro atoms. The van der Waals surface area contributed by atoms with Gasteiger partial charge in [0.2, 0.25) is 5.91 Å². The summed E-state index contributed by atoms with van der Waals surface area (Å²) in [6.07, 6.45) is 7.77. The zero-order chi connectivity index (χ0) is 18.1. The first-order valence-electron chi connectivity index (χ1n) is 9.69. The van der Waals surface area contributed by atoms with E-state index < -0.39 is 0 Å². The minimum absolute atomic E-state index is 0.191. The second kappa shape index (κ2) is 6.88. The topological polar surface area (TPSA) is 61.0 Å². The number of nitrogens with zero attached hydrogens (tertiary/aromatic N) is 4. The Labute approximate surface area is 154 Å². The van der Waals surface area contributed by atoms with Crippen LogP contribution in [-0.4, -0.2) is 52.7 Å². The number of piperidine rings is 1. The van der Waals surface area contributed by atoms with Gasteiger partial charge in [-0.1, -0.05) is 0 Å². The maximum Gasteiger partial charge on any atom is 0.230 e. The number of anilines is 1. The number of pyridine rings is 1. The van der Waals surface area contributed by atoms with Crippen molar-refractivity contribution in [3.8, 4) is 0 Å². The Morgan fingerprint density at radius 3 is 2.81 bits per heavy atom. The Morgan fingerprint density at radius 2 is 2.04 bits per heavy atom. The van der Waals surface area contributed by atoms with Crippen LogP contribution in [0.3, 0.4) is 0 Å². The summed E-state index contributed by atoms with van der Waals surface area (Å²) in [5.74, 6) is 1.11. The molecule has 3 aliphatic rings. The number of amides is 1. The molecule has 1 atom stereocenters. The monoisotopic (exact) mass is 354 g/mol. The van der Waals surface area contributed by atoms with Crippen LogP contribution in [0.2, 0.25) is 0 Å². The first-order chi connectivity index (χ1) is 12.6. The molecule has 0 radical (unpaired) electrons. The molecule has 1 saturated carbocycles. The van der Waals surface area contributed by atoms with Crippen LogP contribution in [0.15, 0.2) is 18.3 Å². The lowest BCUT2D eigenvalue weighted by atomic mass is 9.78. The van der Waals surface area contributed by atoms with E-state index in [1.165, 1.54) is 0 Å². The number of likely N-dealkylation sites (tertiary alicyclic amines) is 1. The number of carbonyl (C=O) groups excluding carboxylic acids is 1. The zero-order valence-corrected chi connectivity index (χ0v) is 15.1. The summed E-state index contributed by atoms with van der Waals surface area (Å²) in [6, 6.07) is 3.84. The summed E-state index contributed by atoms with van der Waals surface area (Å²) in [6.45, 7) is 9.63. The predicted octanol–water partition coefficient (Wildman–Crippen LogP) is 2.75. The highest BCUT2D eigenvalue weighted by Gasteiger charge is 2.50. The van der Waals surface area contributed by atoms with Crippen LogP contribution in [0, 0.1) is 12.0 Å². The van der Waals surface area contributed by atoms with E-state index in [4.69, 9.17) is 6.57 Å². The van der Waals surface area contributed by atoms with Gasteiger partial charge < -0.3 is 14.9 Å². The van der Waals surface area contributed by atoms with E-state index in [1.54, 1.807) is 12.3 Å². The summed E-state index contributed by atoms with van der Waals surface area (Å²) in [5, 5.41) is 9.74. The van der Waals surface area contributed by atoms with Gasteiger partial charge in [0, 0.05) is 31.9 Å². The Bertz CT molecular complexity index is 723. The smallest absolute Gasteiger partial charge is 0.230 e. The van der Waals surface area contributed by atoms with E-state index in [0.29, 0.717) is 24.2 Å². The first-order valence-corrected chi connectivity index (χ1v) is 9.69. The van der Waals surface area contributed by atoms with Crippen LogP contribution in [0.25, 0.3) is 4.85 Å². The largest absolute Gasteiger partial charge is 0.393 e. The highest BCUT2D eigenvalue weighted by molar-refractivity contribution is 5.86. The molecule has 0 aromatic carbocycles. The summed E-state index contributed by atoms with van der Waals surface area (Å²) in [5.41, 5.74) is 0.291. The van der Waals surface area contributed by atoms with E-state index in [9.17, 15) is 9.90 Å². The number of hydrogen-bond donors (Lipinski definition) is 1. The fourth-order valence-electron chi connectivity index (χ4n) is 4.92. The van der Waals surface area contributed by atoms with Gasteiger partial charge in [0.25, 0.3) is 0 Å². The molecule has 1 aromatic rings. The van der Waals surface area contributed by atoms with E-state index in [2.05, 4.69) is 19.6 Å². The highest BCUT2D eigenvalue weighted by atomic mass is 16.3. The van der Waals surface area contributed by atoms with Gasteiger partial charge in [0.05, 0.1) is 18.1 Å². The van der Waals surface area contributed by atoms with Crippen LogP contribution in [0.4, 0.5) is 11.5 Å². The van der Waals surface area contributed by atoms with Crippen LogP contribution in [0.5, 0.6) is 0 Å². The van der Waals surface area contributed by atoms with Crippen molar-refractivity contribution in [1.82, 2.24) is 9.88 Å². The van der Waals surface area contributed by atoms with Gasteiger partial charge in [-0.15, -0.1) is 0 Å². The van der Waals surface area contributed by atoms with Gasteiger partial charge in [-0.2, -0.15) is 0 Å². The SMILES string of the molecule is [C-]#[N+]c1ccnc(N2CCC[C@@]3(CCN(C4CCC(O)CC4)C3=O)C2)c1. The van der Waals surface area contributed by atoms with E-state index >= 15 is 0 Å². The lowest BCUT2D eigenvalue weighted by Crippen LogP contribution is -2.50. The summed E-state index contributed by atoms with van der Waals surface area (Å²) >= 11 is 0. The fourth-order valence-corrected chi connectivity index (χ4v) is 4.92. The van der Waals surface area contributed by atoms with Crippen molar-refractivity contribution in [2.75, 3.05) is 24.5 Å². The molecule has 0 unspecified atom stereocenters. The maximum absolute atomic E-state index is 13.3. The summed E-state index contributed by atoms with van der Waals surface area (Å²) in [4.78, 5) is 25.5. The molecule has 138 valence electrons. The molecule has 2 aliphatic heterocycles. The number of aliphatic hydroxyl groups is 1. The normalized spacial score (nSPS) is 32.1. The van der Waals surface area contributed by atoms with Gasteiger partial charge in [-0.3, -0.25) is 4.79 Å². The van der Waals surface area contributed by atoms with Gasteiger partial charge in [-0.25, -0.2) is 9.83 Å². The zero-order valence-electron chi connectivity index (χ0n) is 15.1. The summed E-state index contributed by atoms with van der Waals surface area (Å²) < 4.78 is 0. The average Bonchev–Trinajstić information content (AvgIpc) is 2.98. The van der Waals surface area contributed by atoms with Crippen molar-refractivity contribution in [1.29, 1.82) is 0 Å². The molecule has 4 rings (SSSR count). The van der Waals surface area contributed by atoms with Gasteiger partial charge >= 0.3 is 0 Å². The van der Waals surface area contributed by atoms with Crippen molar-refractivity contribution in [3.05, 3.63) is 29.7 Å². The minimum Gasteiger partial charge on any atom is -0.393 e. The Hall–Kier alpha value is -2.13. The Balaban J connectivity index is 1.50. The van der Waals surface area contributed by atoms with Crippen LogP contribution in [-0.2, 0) is 4.79 Å².